The molecule has 0 radical (unpaired) electrons. The molecule has 3 heterocycles. The Kier molecular flexibility index (Phi) is 2.60. The number of para-hydroxylation sites is 1. The highest BCUT2D eigenvalue weighted by Crippen LogP contribution is 2.30. The molecule has 1 aromatic heterocycles. The zero-order chi connectivity index (χ0) is 13.7. The Balaban J connectivity index is 1.65. The van der Waals surface area contributed by atoms with E-state index in [4.69, 9.17) is 0 Å². The van der Waals surface area contributed by atoms with Crippen molar-refractivity contribution in [3.8, 4) is 0 Å². The van der Waals surface area contributed by atoms with E-state index in [0.717, 1.165) is 29.6 Å². The van der Waals surface area contributed by atoms with Gasteiger partial charge in [-0.15, -0.1) is 0 Å². The normalized spacial score (nSPS) is 26.4. The first kappa shape index (κ1) is 12.0. The Bertz CT molecular complexity index is 649. The van der Waals surface area contributed by atoms with E-state index < -0.39 is 0 Å². The van der Waals surface area contributed by atoms with Gasteiger partial charge in [0.1, 0.15) is 0 Å². The molecule has 4 rings (SSSR count). The van der Waals surface area contributed by atoms with Gasteiger partial charge < -0.3 is 9.88 Å². The predicted molar refractivity (Wildman–Crippen MR) is 78.8 cm³/mol. The number of aromatic amines is 1. The van der Waals surface area contributed by atoms with Crippen molar-refractivity contribution in [1.29, 1.82) is 0 Å². The molecule has 1 N–H and O–H groups in total. The Hall–Kier alpha value is -1.81. The third-order valence-electron chi connectivity index (χ3n) is 4.95. The number of carbonyl (C=O) groups excluding carboxylic acids is 1. The van der Waals surface area contributed by atoms with E-state index in [1.54, 1.807) is 0 Å². The molecule has 1 aromatic carbocycles. The number of rotatable bonds is 1. The van der Waals surface area contributed by atoms with Crippen molar-refractivity contribution in [2.75, 3.05) is 20.1 Å². The Labute approximate surface area is 118 Å². The molecule has 104 valence electrons. The number of aromatic nitrogens is 1. The molecule has 0 spiro atoms. The number of carbonyl (C=O) groups is 1. The lowest BCUT2D eigenvalue weighted by Gasteiger charge is -2.38. The lowest BCUT2D eigenvalue weighted by atomic mass is 10.1. The van der Waals surface area contributed by atoms with Crippen LogP contribution < -0.4 is 0 Å². The van der Waals surface area contributed by atoms with Crippen LogP contribution in [0.4, 0.5) is 0 Å². The standard InChI is InChI=1S/C16H19N3O/c1-18-11-6-7-12(18)10-19(9-11)16(20)14-8-17-15-5-3-2-4-13(14)15/h2-5,8,11-12,17H,6-7,9-10H2,1H3/t11-,12+. The van der Waals surface area contributed by atoms with Gasteiger partial charge in [0.15, 0.2) is 0 Å². The molecule has 2 atom stereocenters. The smallest absolute Gasteiger partial charge is 0.256 e. The zero-order valence-electron chi connectivity index (χ0n) is 11.7. The van der Waals surface area contributed by atoms with Crippen LogP contribution in [-0.4, -0.2) is 52.9 Å². The highest BCUT2D eigenvalue weighted by atomic mass is 16.2. The molecule has 4 heteroatoms. The van der Waals surface area contributed by atoms with E-state index in [1.165, 1.54) is 12.8 Å². The maximum Gasteiger partial charge on any atom is 0.256 e. The van der Waals surface area contributed by atoms with Crippen LogP contribution in [0.5, 0.6) is 0 Å². The monoisotopic (exact) mass is 269 g/mol. The summed E-state index contributed by atoms with van der Waals surface area (Å²) in [6, 6.07) is 9.10. The van der Waals surface area contributed by atoms with Crippen LogP contribution in [0.15, 0.2) is 30.5 Å². The Morgan fingerprint density at radius 1 is 1.20 bits per heavy atom. The summed E-state index contributed by atoms with van der Waals surface area (Å²) in [4.78, 5) is 20.5. The summed E-state index contributed by atoms with van der Waals surface area (Å²) in [5, 5.41) is 1.03. The molecular weight excluding hydrogens is 250 g/mol. The first-order chi connectivity index (χ1) is 9.74. The summed E-state index contributed by atoms with van der Waals surface area (Å²) in [5.41, 5.74) is 1.84. The van der Waals surface area contributed by atoms with E-state index >= 15 is 0 Å². The summed E-state index contributed by atoms with van der Waals surface area (Å²) in [7, 11) is 2.19. The van der Waals surface area contributed by atoms with E-state index in [0.29, 0.717) is 12.1 Å². The number of nitrogens with one attached hydrogen (secondary N) is 1. The minimum Gasteiger partial charge on any atom is -0.360 e. The van der Waals surface area contributed by atoms with Gasteiger partial charge >= 0.3 is 0 Å². The van der Waals surface area contributed by atoms with Crippen molar-refractivity contribution in [3.63, 3.8) is 0 Å². The van der Waals surface area contributed by atoms with E-state index in [-0.39, 0.29) is 5.91 Å². The molecule has 2 aromatic rings. The quantitative estimate of drug-likeness (QED) is 0.861. The molecule has 2 saturated heterocycles. The number of likely N-dealkylation sites (N-methyl/N-ethyl adjacent to an activating group) is 1. The number of amides is 1. The minimum absolute atomic E-state index is 0.174. The number of likely N-dealkylation sites (tertiary alicyclic amines) is 1. The fourth-order valence-electron chi connectivity index (χ4n) is 3.70. The van der Waals surface area contributed by atoms with Crippen molar-refractivity contribution in [1.82, 2.24) is 14.8 Å². The zero-order valence-corrected chi connectivity index (χ0v) is 11.7. The molecular formula is C16H19N3O. The van der Waals surface area contributed by atoms with E-state index in [9.17, 15) is 4.79 Å². The molecule has 20 heavy (non-hydrogen) atoms. The predicted octanol–water partition coefficient (Wildman–Crippen LogP) is 2.09. The number of benzene rings is 1. The number of piperazine rings is 1. The van der Waals surface area contributed by atoms with Crippen molar-refractivity contribution in [3.05, 3.63) is 36.0 Å². The summed E-state index contributed by atoms with van der Waals surface area (Å²) in [6.45, 7) is 1.73. The van der Waals surface area contributed by atoms with E-state index in [2.05, 4.69) is 16.9 Å². The average Bonchev–Trinajstić information content (AvgIpc) is 2.95. The molecule has 0 saturated carbocycles. The number of nitrogens with zero attached hydrogens (tertiary/aromatic N) is 2. The first-order valence-electron chi connectivity index (χ1n) is 7.31. The summed E-state index contributed by atoms with van der Waals surface area (Å²) < 4.78 is 0. The molecule has 2 fully saturated rings. The fourth-order valence-corrected chi connectivity index (χ4v) is 3.70. The molecule has 2 bridgehead atoms. The maximum absolute atomic E-state index is 12.8. The van der Waals surface area contributed by atoms with Crippen LogP contribution >= 0.6 is 0 Å². The molecule has 1 amide bonds. The number of hydrogen-bond acceptors (Lipinski definition) is 2. The van der Waals surface area contributed by atoms with Crippen LogP contribution in [0.1, 0.15) is 23.2 Å². The van der Waals surface area contributed by atoms with Gasteiger partial charge in [-0.3, -0.25) is 9.69 Å². The SMILES string of the molecule is CN1[C@@H]2CC[C@H]1CN(C(=O)c1c[nH]c3ccccc13)C2. The number of fused-ring (bicyclic) bond motifs is 3. The minimum atomic E-state index is 0.174. The van der Waals surface area contributed by atoms with Crippen LogP contribution in [0.3, 0.4) is 0 Å². The maximum atomic E-state index is 12.8. The first-order valence-corrected chi connectivity index (χ1v) is 7.31. The Morgan fingerprint density at radius 2 is 1.90 bits per heavy atom. The topological polar surface area (TPSA) is 39.3 Å². The lowest BCUT2D eigenvalue weighted by molar-refractivity contribution is 0.0526. The number of H-pyrrole nitrogens is 1. The van der Waals surface area contributed by atoms with Crippen molar-refractivity contribution < 1.29 is 4.79 Å². The lowest BCUT2D eigenvalue weighted by Crippen LogP contribution is -2.53. The van der Waals surface area contributed by atoms with Gasteiger partial charge in [-0.2, -0.15) is 0 Å². The van der Waals surface area contributed by atoms with Gasteiger partial charge in [0.2, 0.25) is 0 Å². The molecule has 0 unspecified atom stereocenters. The summed E-state index contributed by atoms with van der Waals surface area (Å²) >= 11 is 0. The highest BCUT2D eigenvalue weighted by Gasteiger charge is 2.39. The van der Waals surface area contributed by atoms with Gasteiger partial charge in [-0.05, 0) is 26.0 Å². The second-order valence-corrected chi connectivity index (χ2v) is 6.01. The largest absolute Gasteiger partial charge is 0.360 e. The van der Waals surface area contributed by atoms with Crippen LogP contribution in [-0.2, 0) is 0 Å². The van der Waals surface area contributed by atoms with Gasteiger partial charge in [-0.25, -0.2) is 0 Å². The van der Waals surface area contributed by atoms with Gasteiger partial charge in [0.05, 0.1) is 5.56 Å². The third-order valence-corrected chi connectivity index (χ3v) is 4.95. The summed E-state index contributed by atoms with van der Waals surface area (Å²) in [6.07, 6.45) is 4.30. The Morgan fingerprint density at radius 3 is 2.65 bits per heavy atom. The van der Waals surface area contributed by atoms with Crippen molar-refractivity contribution in [2.45, 2.75) is 24.9 Å². The van der Waals surface area contributed by atoms with Gasteiger partial charge in [-0.1, -0.05) is 18.2 Å². The van der Waals surface area contributed by atoms with Gasteiger partial charge in [0.25, 0.3) is 5.91 Å². The molecule has 0 aliphatic carbocycles. The van der Waals surface area contributed by atoms with Crippen molar-refractivity contribution >= 4 is 16.8 Å². The average molecular weight is 269 g/mol. The van der Waals surface area contributed by atoms with Crippen LogP contribution in [0.25, 0.3) is 10.9 Å². The van der Waals surface area contributed by atoms with E-state index in [1.807, 2.05) is 35.4 Å². The van der Waals surface area contributed by atoms with Gasteiger partial charge in [0, 0.05) is 42.3 Å². The molecule has 2 aliphatic rings. The summed E-state index contributed by atoms with van der Waals surface area (Å²) in [5.74, 6) is 0.174. The third kappa shape index (κ3) is 1.68. The van der Waals surface area contributed by atoms with Crippen molar-refractivity contribution in [2.24, 2.45) is 0 Å². The highest BCUT2D eigenvalue weighted by molar-refractivity contribution is 6.06. The number of hydrogen-bond donors (Lipinski definition) is 1. The molecule has 2 aliphatic heterocycles. The van der Waals surface area contributed by atoms with Crippen LogP contribution in [0, 0.1) is 0 Å². The second-order valence-electron chi connectivity index (χ2n) is 6.01. The van der Waals surface area contributed by atoms with Crippen LogP contribution in [0.2, 0.25) is 0 Å². The fraction of sp³-hybridized carbons (Fsp3) is 0.438. The second kappa shape index (κ2) is 4.35. The molecule has 4 nitrogen and oxygen atoms in total.